The van der Waals surface area contributed by atoms with Crippen LogP contribution in [0.5, 0.6) is 0 Å². The van der Waals surface area contributed by atoms with Gasteiger partial charge in [0.15, 0.2) is 0 Å². The minimum atomic E-state index is 0.152. The topological polar surface area (TPSA) is 96.2 Å². The van der Waals surface area contributed by atoms with Crippen LogP contribution >= 0.6 is 11.3 Å². The zero-order valence-corrected chi connectivity index (χ0v) is 10.7. The van der Waals surface area contributed by atoms with Crippen LogP contribution in [0.25, 0.3) is 0 Å². The minimum Gasteiger partial charge on any atom is -0.354 e. The molecule has 0 spiro atoms. The third-order valence-electron chi connectivity index (χ3n) is 3.64. The highest BCUT2D eigenvalue weighted by Gasteiger charge is 2.40. The third kappa shape index (κ3) is 2.06. The largest absolute Gasteiger partial charge is 0.354 e. The Morgan fingerprint density at radius 1 is 1.56 bits per heavy atom. The van der Waals surface area contributed by atoms with Crippen molar-refractivity contribution in [2.45, 2.75) is 25.4 Å². The van der Waals surface area contributed by atoms with Crippen LogP contribution < -0.4 is 16.6 Å². The van der Waals surface area contributed by atoms with Crippen molar-refractivity contribution in [1.82, 2.24) is 20.4 Å². The van der Waals surface area contributed by atoms with E-state index in [0.29, 0.717) is 11.2 Å². The molecule has 3 rings (SSSR count). The number of hydrazine groups is 1. The first-order chi connectivity index (χ1) is 8.78. The van der Waals surface area contributed by atoms with Crippen molar-refractivity contribution in [3.63, 3.8) is 0 Å². The summed E-state index contributed by atoms with van der Waals surface area (Å²) in [7, 11) is 0. The van der Waals surface area contributed by atoms with Gasteiger partial charge in [0, 0.05) is 12.6 Å². The Morgan fingerprint density at radius 3 is 3.22 bits per heavy atom. The number of amides is 1. The molecular formula is C10H16N6OS. The Hall–Kier alpha value is -1.25. The van der Waals surface area contributed by atoms with Gasteiger partial charge in [0.05, 0.1) is 12.5 Å². The standard InChI is InChI=1S/C10H16N6OS/c11-13-10-15-14-8(18-10)5-16-3-1-2-6-7(16)4-12-9(6)17/h6-7H,1-5,11H2,(H,12,17)(H,13,15). The zero-order valence-electron chi connectivity index (χ0n) is 9.93. The van der Waals surface area contributed by atoms with Crippen molar-refractivity contribution in [3.05, 3.63) is 5.01 Å². The lowest BCUT2D eigenvalue weighted by molar-refractivity contribution is -0.124. The van der Waals surface area contributed by atoms with Crippen molar-refractivity contribution in [3.8, 4) is 0 Å². The molecule has 3 heterocycles. The Labute approximate surface area is 109 Å². The van der Waals surface area contributed by atoms with E-state index in [2.05, 4.69) is 25.8 Å². The fourth-order valence-electron chi connectivity index (χ4n) is 2.79. The van der Waals surface area contributed by atoms with E-state index < -0.39 is 0 Å². The van der Waals surface area contributed by atoms with E-state index in [9.17, 15) is 4.79 Å². The first kappa shape index (κ1) is 11.8. The molecule has 0 radical (unpaired) electrons. The first-order valence-corrected chi connectivity index (χ1v) is 6.90. The average Bonchev–Trinajstić information content (AvgIpc) is 2.98. The normalized spacial score (nSPS) is 27.9. The summed E-state index contributed by atoms with van der Waals surface area (Å²) in [5.41, 5.74) is 2.50. The lowest BCUT2D eigenvalue weighted by atomic mass is 9.91. The van der Waals surface area contributed by atoms with Crippen molar-refractivity contribution in [2.24, 2.45) is 11.8 Å². The molecule has 2 aliphatic rings. The molecule has 2 atom stereocenters. The molecule has 2 saturated heterocycles. The molecule has 1 amide bonds. The number of aromatic nitrogens is 2. The van der Waals surface area contributed by atoms with Crippen molar-refractivity contribution >= 4 is 22.4 Å². The molecule has 2 aliphatic heterocycles. The quantitative estimate of drug-likeness (QED) is 0.507. The number of anilines is 1. The molecule has 0 aliphatic carbocycles. The van der Waals surface area contributed by atoms with Gasteiger partial charge in [-0.1, -0.05) is 11.3 Å². The lowest BCUT2D eigenvalue weighted by Crippen LogP contribution is -2.44. The van der Waals surface area contributed by atoms with Gasteiger partial charge in [-0.25, -0.2) is 5.84 Å². The molecule has 8 heteroatoms. The zero-order chi connectivity index (χ0) is 12.5. The molecule has 2 unspecified atom stereocenters. The number of fused-ring (bicyclic) bond motifs is 1. The summed E-state index contributed by atoms with van der Waals surface area (Å²) in [6.45, 7) is 2.51. The van der Waals surface area contributed by atoms with Crippen LogP contribution in [0.15, 0.2) is 0 Å². The summed E-state index contributed by atoms with van der Waals surface area (Å²) in [5.74, 6) is 5.64. The fourth-order valence-corrected chi connectivity index (χ4v) is 3.46. The maximum absolute atomic E-state index is 11.7. The summed E-state index contributed by atoms with van der Waals surface area (Å²) < 4.78 is 0. The highest BCUT2D eigenvalue weighted by Crippen LogP contribution is 2.29. The monoisotopic (exact) mass is 268 g/mol. The Balaban J connectivity index is 1.70. The number of nitrogens with two attached hydrogens (primary N) is 1. The predicted molar refractivity (Wildman–Crippen MR) is 67.7 cm³/mol. The van der Waals surface area contributed by atoms with Gasteiger partial charge >= 0.3 is 0 Å². The smallest absolute Gasteiger partial charge is 0.224 e. The van der Waals surface area contributed by atoms with Gasteiger partial charge in [0.2, 0.25) is 11.0 Å². The van der Waals surface area contributed by atoms with Crippen LogP contribution in [-0.2, 0) is 11.3 Å². The first-order valence-electron chi connectivity index (χ1n) is 6.08. The van der Waals surface area contributed by atoms with Gasteiger partial charge in [-0.3, -0.25) is 15.1 Å². The fraction of sp³-hybridized carbons (Fsp3) is 0.700. The molecule has 0 bridgehead atoms. The second-order valence-corrected chi connectivity index (χ2v) is 5.74. The SMILES string of the molecule is NNc1nnc(CN2CCCC3C(=O)NCC32)s1. The number of carbonyl (C=O) groups is 1. The highest BCUT2D eigenvalue weighted by atomic mass is 32.1. The molecule has 98 valence electrons. The van der Waals surface area contributed by atoms with Gasteiger partial charge in [-0.2, -0.15) is 0 Å². The predicted octanol–water partition coefficient (Wildman–Crippen LogP) is -0.466. The molecular weight excluding hydrogens is 252 g/mol. The molecule has 18 heavy (non-hydrogen) atoms. The number of hydrogen-bond acceptors (Lipinski definition) is 7. The molecule has 1 aromatic rings. The van der Waals surface area contributed by atoms with Crippen LogP contribution in [0.3, 0.4) is 0 Å². The molecule has 1 aromatic heterocycles. The highest BCUT2D eigenvalue weighted by molar-refractivity contribution is 7.15. The maximum Gasteiger partial charge on any atom is 0.224 e. The second-order valence-electron chi connectivity index (χ2n) is 4.68. The number of rotatable bonds is 3. The van der Waals surface area contributed by atoms with Crippen molar-refractivity contribution in [2.75, 3.05) is 18.5 Å². The summed E-state index contributed by atoms with van der Waals surface area (Å²) in [6.07, 6.45) is 2.06. The number of likely N-dealkylation sites (tertiary alicyclic amines) is 1. The van der Waals surface area contributed by atoms with E-state index in [4.69, 9.17) is 5.84 Å². The molecule has 4 N–H and O–H groups in total. The minimum absolute atomic E-state index is 0.152. The van der Waals surface area contributed by atoms with E-state index in [1.165, 1.54) is 11.3 Å². The van der Waals surface area contributed by atoms with Gasteiger partial charge in [0.25, 0.3) is 0 Å². The van der Waals surface area contributed by atoms with Crippen molar-refractivity contribution in [1.29, 1.82) is 0 Å². The van der Waals surface area contributed by atoms with Crippen molar-refractivity contribution < 1.29 is 4.79 Å². The number of piperidine rings is 1. The maximum atomic E-state index is 11.7. The van der Waals surface area contributed by atoms with Gasteiger partial charge < -0.3 is 5.32 Å². The molecule has 7 nitrogen and oxygen atoms in total. The van der Waals surface area contributed by atoms with E-state index in [1.54, 1.807) is 0 Å². The van der Waals surface area contributed by atoms with E-state index >= 15 is 0 Å². The Kier molecular flexibility index (Phi) is 3.14. The number of carbonyl (C=O) groups excluding carboxylic acids is 1. The number of nitrogens with one attached hydrogen (secondary N) is 2. The Morgan fingerprint density at radius 2 is 2.44 bits per heavy atom. The summed E-state index contributed by atoms with van der Waals surface area (Å²) in [6, 6.07) is 0.310. The third-order valence-corrected chi connectivity index (χ3v) is 4.48. The van der Waals surface area contributed by atoms with Crippen LogP contribution in [0.4, 0.5) is 5.13 Å². The average molecular weight is 268 g/mol. The molecule has 0 aromatic carbocycles. The van der Waals surface area contributed by atoms with Crippen LogP contribution in [0.1, 0.15) is 17.8 Å². The molecule has 2 fully saturated rings. The van der Waals surface area contributed by atoms with Gasteiger partial charge in [-0.05, 0) is 19.4 Å². The van der Waals surface area contributed by atoms with Crippen LogP contribution in [0, 0.1) is 5.92 Å². The summed E-state index contributed by atoms with van der Waals surface area (Å²) >= 11 is 1.46. The second kappa shape index (κ2) is 4.79. The van der Waals surface area contributed by atoms with E-state index in [-0.39, 0.29) is 11.8 Å². The lowest BCUT2D eigenvalue weighted by Gasteiger charge is -2.35. The van der Waals surface area contributed by atoms with Gasteiger partial charge in [-0.15, -0.1) is 10.2 Å². The summed E-state index contributed by atoms with van der Waals surface area (Å²) in [4.78, 5) is 14.0. The van der Waals surface area contributed by atoms with Crippen LogP contribution in [0.2, 0.25) is 0 Å². The summed E-state index contributed by atoms with van der Waals surface area (Å²) in [5, 5.41) is 12.5. The van der Waals surface area contributed by atoms with Crippen LogP contribution in [-0.4, -0.2) is 40.1 Å². The number of nitrogens with zero attached hydrogens (tertiary/aromatic N) is 3. The molecule has 0 saturated carbocycles. The van der Waals surface area contributed by atoms with Gasteiger partial charge in [0.1, 0.15) is 5.01 Å². The van der Waals surface area contributed by atoms with E-state index in [0.717, 1.165) is 37.5 Å². The number of nitrogen functional groups attached to an aromatic ring is 1. The Bertz CT molecular complexity index is 449. The number of hydrogen-bond donors (Lipinski definition) is 3. The van der Waals surface area contributed by atoms with E-state index in [1.807, 2.05) is 0 Å².